The van der Waals surface area contributed by atoms with Crippen LogP contribution in [0.4, 0.5) is 5.13 Å². The number of thiazole rings is 1. The molecule has 0 unspecified atom stereocenters. The first-order chi connectivity index (χ1) is 14.6. The first kappa shape index (κ1) is 20.0. The van der Waals surface area contributed by atoms with Crippen LogP contribution in [-0.2, 0) is 12.9 Å². The lowest BCUT2D eigenvalue weighted by Gasteiger charge is -2.15. The molecule has 0 aliphatic heterocycles. The second kappa shape index (κ2) is 8.61. The maximum Gasteiger partial charge on any atom is 0.280 e. The Morgan fingerprint density at radius 3 is 2.30 bits per heavy atom. The molecule has 8 heteroatoms. The highest BCUT2D eigenvalue weighted by molar-refractivity contribution is 7.14. The minimum absolute atomic E-state index is 0.0141. The van der Waals surface area contributed by atoms with Crippen molar-refractivity contribution >= 4 is 34.0 Å². The molecule has 0 fully saturated rings. The van der Waals surface area contributed by atoms with Gasteiger partial charge in [0.2, 0.25) is 0 Å². The van der Waals surface area contributed by atoms with Crippen LogP contribution >= 0.6 is 22.9 Å². The van der Waals surface area contributed by atoms with Crippen LogP contribution in [0.25, 0.3) is 22.4 Å². The Bertz CT molecular complexity index is 1250. The monoisotopic (exact) mass is 436 g/mol. The number of alkyl halides is 1. The maximum absolute atomic E-state index is 13.2. The summed E-state index contributed by atoms with van der Waals surface area (Å²) in [6.07, 6.45) is 0. The molecule has 2 aromatic carbocycles. The first-order valence-electron chi connectivity index (χ1n) is 9.12. The van der Waals surface area contributed by atoms with E-state index >= 15 is 0 Å². The van der Waals surface area contributed by atoms with Crippen molar-refractivity contribution in [3.05, 3.63) is 87.7 Å². The molecule has 1 amide bonds. The number of hydrogen-bond donors (Lipinski definition) is 1. The van der Waals surface area contributed by atoms with Crippen LogP contribution in [-0.4, -0.2) is 20.7 Å². The van der Waals surface area contributed by atoms with Gasteiger partial charge in [0.25, 0.3) is 11.5 Å². The second-order valence-corrected chi connectivity index (χ2v) is 7.62. The van der Waals surface area contributed by atoms with Gasteiger partial charge in [0, 0.05) is 23.6 Å². The van der Waals surface area contributed by atoms with Crippen LogP contribution in [0.3, 0.4) is 0 Å². The van der Waals surface area contributed by atoms with E-state index in [0.717, 1.165) is 11.1 Å². The average Bonchev–Trinajstić information content (AvgIpc) is 3.23. The molecule has 1 N–H and O–H groups in total. The number of benzene rings is 2. The van der Waals surface area contributed by atoms with Crippen LogP contribution in [0.1, 0.15) is 16.1 Å². The molecule has 30 heavy (non-hydrogen) atoms. The predicted octanol–water partition coefficient (Wildman–Crippen LogP) is 4.56. The zero-order valence-electron chi connectivity index (χ0n) is 16.0. The van der Waals surface area contributed by atoms with E-state index in [1.54, 1.807) is 5.38 Å². The van der Waals surface area contributed by atoms with Gasteiger partial charge in [0.1, 0.15) is 5.56 Å². The van der Waals surface area contributed by atoms with E-state index in [2.05, 4.69) is 15.4 Å². The van der Waals surface area contributed by atoms with Crippen LogP contribution in [0.15, 0.2) is 70.8 Å². The van der Waals surface area contributed by atoms with Crippen molar-refractivity contribution < 1.29 is 4.79 Å². The highest BCUT2D eigenvalue weighted by atomic mass is 35.5. The summed E-state index contributed by atoms with van der Waals surface area (Å²) >= 11 is 7.06. The molecule has 0 atom stereocenters. The normalized spacial score (nSPS) is 10.7. The van der Waals surface area contributed by atoms with Gasteiger partial charge in [-0.15, -0.1) is 22.9 Å². The summed E-state index contributed by atoms with van der Waals surface area (Å²) in [5.41, 5.74) is 2.76. The lowest BCUT2D eigenvalue weighted by molar-refractivity contribution is 0.102. The third kappa shape index (κ3) is 3.90. The largest absolute Gasteiger partial charge is 0.298 e. The molecular formula is C22H17ClN4O2S. The van der Waals surface area contributed by atoms with Crippen LogP contribution < -0.4 is 10.9 Å². The summed E-state index contributed by atoms with van der Waals surface area (Å²) in [7, 11) is 1.54. The fourth-order valence-corrected chi connectivity index (χ4v) is 4.05. The number of nitrogens with one attached hydrogen (secondary N) is 1. The van der Waals surface area contributed by atoms with E-state index in [9.17, 15) is 9.59 Å². The predicted molar refractivity (Wildman–Crippen MR) is 120 cm³/mol. The average molecular weight is 437 g/mol. The van der Waals surface area contributed by atoms with E-state index in [4.69, 9.17) is 11.6 Å². The summed E-state index contributed by atoms with van der Waals surface area (Å²) in [6, 6.07) is 18.8. The molecular weight excluding hydrogens is 420 g/mol. The number of amides is 1. The fraction of sp³-hybridized carbons (Fsp3) is 0.0909. The Labute approximate surface area is 181 Å². The zero-order valence-corrected chi connectivity index (χ0v) is 17.6. The summed E-state index contributed by atoms with van der Waals surface area (Å²) in [5, 5.41) is 9.37. The van der Waals surface area contributed by atoms with E-state index < -0.39 is 11.5 Å². The summed E-state index contributed by atoms with van der Waals surface area (Å²) < 4.78 is 1.19. The van der Waals surface area contributed by atoms with Crippen molar-refractivity contribution in [1.29, 1.82) is 0 Å². The van der Waals surface area contributed by atoms with Crippen LogP contribution in [0.5, 0.6) is 0 Å². The third-order valence-corrected chi connectivity index (χ3v) is 5.57. The number of aromatic nitrogens is 3. The van der Waals surface area contributed by atoms with E-state index in [-0.39, 0.29) is 11.4 Å². The molecule has 4 rings (SSSR count). The standard InChI is InChI=1S/C22H17ClN4O2S/c1-27-21(29)18(20(28)25-22-24-16(12-23)13-30-22)17(14-8-4-2-5-9-14)19(26-27)15-10-6-3-7-11-15/h2-11,13H,12H2,1H3,(H,24,25,28). The molecule has 0 aliphatic carbocycles. The van der Waals surface area contributed by atoms with Crippen molar-refractivity contribution in [3.8, 4) is 22.4 Å². The fourth-order valence-electron chi connectivity index (χ4n) is 3.11. The van der Waals surface area contributed by atoms with Crippen molar-refractivity contribution in [2.75, 3.05) is 5.32 Å². The Morgan fingerprint density at radius 1 is 1.07 bits per heavy atom. The minimum atomic E-state index is -0.537. The van der Waals surface area contributed by atoms with Gasteiger partial charge in [-0.2, -0.15) is 5.10 Å². The summed E-state index contributed by atoms with van der Waals surface area (Å²) in [5.74, 6) is -0.291. The van der Waals surface area contributed by atoms with Gasteiger partial charge >= 0.3 is 0 Å². The quantitative estimate of drug-likeness (QED) is 0.465. The van der Waals surface area contributed by atoms with Crippen molar-refractivity contribution in [1.82, 2.24) is 14.8 Å². The highest BCUT2D eigenvalue weighted by Gasteiger charge is 2.25. The number of carbonyl (C=O) groups is 1. The van der Waals surface area contributed by atoms with Gasteiger partial charge < -0.3 is 0 Å². The molecule has 2 aromatic heterocycles. The molecule has 0 saturated heterocycles. The Morgan fingerprint density at radius 2 is 1.70 bits per heavy atom. The molecule has 0 aliphatic rings. The maximum atomic E-state index is 13.2. The molecule has 6 nitrogen and oxygen atoms in total. The zero-order chi connectivity index (χ0) is 21.1. The number of rotatable bonds is 5. The molecule has 0 spiro atoms. The Balaban J connectivity index is 1.93. The molecule has 0 saturated carbocycles. The van der Waals surface area contributed by atoms with E-state index in [0.29, 0.717) is 22.1 Å². The topological polar surface area (TPSA) is 76.9 Å². The minimum Gasteiger partial charge on any atom is -0.298 e. The van der Waals surface area contributed by atoms with Gasteiger partial charge in [0.05, 0.1) is 17.3 Å². The summed E-state index contributed by atoms with van der Waals surface area (Å²) in [4.78, 5) is 30.5. The van der Waals surface area contributed by atoms with Gasteiger partial charge in [0.15, 0.2) is 5.13 Å². The Hall–Kier alpha value is -3.29. The smallest absolute Gasteiger partial charge is 0.280 e. The number of carbonyl (C=O) groups excluding carboxylic acids is 1. The molecule has 2 heterocycles. The number of halogens is 1. The van der Waals surface area contributed by atoms with Gasteiger partial charge in [-0.1, -0.05) is 60.7 Å². The molecule has 4 aromatic rings. The molecule has 0 bridgehead atoms. The van der Waals surface area contributed by atoms with Crippen LogP contribution in [0, 0.1) is 0 Å². The van der Waals surface area contributed by atoms with Crippen molar-refractivity contribution in [2.24, 2.45) is 7.05 Å². The molecule has 0 radical (unpaired) electrons. The van der Waals surface area contributed by atoms with E-state index in [1.807, 2.05) is 60.7 Å². The van der Waals surface area contributed by atoms with Crippen LogP contribution in [0.2, 0.25) is 0 Å². The van der Waals surface area contributed by atoms with Gasteiger partial charge in [-0.05, 0) is 5.56 Å². The summed E-state index contributed by atoms with van der Waals surface area (Å²) in [6.45, 7) is 0. The lowest BCUT2D eigenvalue weighted by atomic mass is 9.95. The lowest BCUT2D eigenvalue weighted by Crippen LogP contribution is -2.31. The van der Waals surface area contributed by atoms with E-state index in [1.165, 1.54) is 23.1 Å². The Kier molecular flexibility index (Phi) is 5.74. The SMILES string of the molecule is Cn1nc(-c2ccccc2)c(-c2ccccc2)c(C(=O)Nc2nc(CCl)cs2)c1=O. The van der Waals surface area contributed by atoms with Crippen molar-refractivity contribution in [3.63, 3.8) is 0 Å². The van der Waals surface area contributed by atoms with Crippen molar-refractivity contribution in [2.45, 2.75) is 5.88 Å². The second-order valence-electron chi connectivity index (χ2n) is 6.49. The number of hydrogen-bond acceptors (Lipinski definition) is 5. The molecule has 150 valence electrons. The first-order valence-corrected chi connectivity index (χ1v) is 10.5. The van der Waals surface area contributed by atoms with Gasteiger partial charge in [-0.3, -0.25) is 14.9 Å². The highest BCUT2D eigenvalue weighted by Crippen LogP contribution is 2.32. The number of anilines is 1. The van der Waals surface area contributed by atoms with Gasteiger partial charge in [-0.25, -0.2) is 9.67 Å². The number of nitrogens with zero attached hydrogens (tertiary/aromatic N) is 3. The number of aryl methyl sites for hydroxylation is 1. The third-order valence-electron chi connectivity index (χ3n) is 4.49.